The van der Waals surface area contributed by atoms with Crippen molar-refractivity contribution in [3.05, 3.63) is 178 Å². The van der Waals surface area contributed by atoms with E-state index in [9.17, 15) is 0 Å². The third kappa shape index (κ3) is 30.3. The zero-order valence-corrected chi connectivity index (χ0v) is 31.3. The van der Waals surface area contributed by atoms with Crippen molar-refractivity contribution in [1.82, 2.24) is 4.72 Å². The first-order chi connectivity index (χ1) is 22.0. The van der Waals surface area contributed by atoms with Crippen molar-refractivity contribution in [1.29, 1.82) is 0 Å². The van der Waals surface area contributed by atoms with E-state index in [0.717, 1.165) is 25.7 Å². The van der Waals surface area contributed by atoms with Crippen LogP contribution in [-0.4, -0.2) is 0 Å². The highest BCUT2D eigenvalue weighted by atomic mass is 32.2. The largest absolute Gasteiger partial charge is 0.333 e. The van der Waals surface area contributed by atoms with Gasteiger partial charge in [-0.15, -0.1) is 0 Å². The zero-order valence-electron chi connectivity index (χ0n) is 30.4. The summed E-state index contributed by atoms with van der Waals surface area (Å²) < 4.78 is 2.93. The Bertz CT molecular complexity index is 1240. The van der Waals surface area contributed by atoms with Crippen LogP contribution < -0.4 is 4.72 Å². The lowest BCUT2D eigenvalue weighted by atomic mass is 10.1. The fourth-order valence-electron chi connectivity index (χ4n) is 3.67. The van der Waals surface area contributed by atoms with E-state index in [-0.39, 0.29) is 0 Å². The summed E-state index contributed by atoms with van der Waals surface area (Å²) in [5.41, 5.74) is 10.5. The van der Waals surface area contributed by atoms with Crippen LogP contribution in [0.15, 0.2) is 178 Å². The molecule has 0 unspecified atom stereocenters. The molecule has 0 aliphatic carbocycles. The molecule has 0 amide bonds. The van der Waals surface area contributed by atoms with Gasteiger partial charge in [0.05, 0.1) is 0 Å². The van der Waals surface area contributed by atoms with Crippen LogP contribution in [0.3, 0.4) is 0 Å². The van der Waals surface area contributed by atoms with E-state index in [4.69, 9.17) is 0 Å². The molecule has 0 spiro atoms. The summed E-state index contributed by atoms with van der Waals surface area (Å²) >= 11 is 1.58. The van der Waals surface area contributed by atoms with Crippen LogP contribution in [0, 0.1) is 0 Å². The van der Waals surface area contributed by atoms with Crippen molar-refractivity contribution >= 4 is 11.9 Å². The molecule has 0 radical (unpaired) electrons. The maximum atomic E-state index is 2.93. The Morgan fingerprint density at radius 1 is 0.478 bits per heavy atom. The minimum Gasteiger partial charge on any atom is -0.333 e. The Morgan fingerprint density at radius 3 is 1.13 bits per heavy atom. The van der Waals surface area contributed by atoms with Gasteiger partial charge in [0.15, 0.2) is 0 Å². The molecule has 1 heterocycles. The molecule has 1 nitrogen and oxygen atoms in total. The Hall–Kier alpha value is -3.75. The highest BCUT2D eigenvalue weighted by Crippen LogP contribution is 2.09. The average molecular weight is 636 g/mol. The molecule has 1 rings (SSSR count). The van der Waals surface area contributed by atoms with Crippen molar-refractivity contribution in [2.24, 2.45) is 0 Å². The first-order valence-electron chi connectivity index (χ1n) is 16.4. The molecule has 1 aliphatic heterocycles. The predicted molar refractivity (Wildman–Crippen MR) is 215 cm³/mol. The van der Waals surface area contributed by atoms with Gasteiger partial charge < -0.3 is 4.72 Å². The second kappa shape index (κ2) is 28.7. The Balaban J connectivity index is 0.00000299. The highest BCUT2D eigenvalue weighted by Gasteiger charge is 1.88. The lowest BCUT2D eigenvalue weighted by Gasteiger charge is -1.96. The molecule has 0 bridgehead atoms. The van der Waals surface area contributed by atoms with Gasteiger partial charge in [0.1, 0.15) is 0 Å². The fourth-order valence-corrected chi connectivity index (χ4v) is 4.08. The van der Waals surface area contributed by atoms with Crippen LogP contribution >= 0.6 is 11.9 Å². The molecular formula is C44H61NS. The summed E-state index contributed by atoms with van der Waals surface area (Å²) in [6.07, 6.45) is 49.2. The van der Waals surface area contributed by atoms with Gasteiger partial charge in [-0.2, -0.15) is 0 Å². The molecule has 0 aromatic heterocycles. The molecule has 0 aromatic rings. The van der Waals surface area contributed by atoms with Gasteiger partial charge in [-0.05, 0) is 118 Å². The van der Waals surface area contributed by atoms with Gasteiger partial charge >= 0.3 is 0 Å². The van der Waals surface area contributed by atoms with Crippen molar-refractivity contribution in [2.45, 2.75) is 94.9 Å². The SMILES string of the molecule is C1=CNSC=C1.CC(C)=CCC/C(C)=C/C=C/C(C)=C/C=C/C(C)=C/C=C/C=C(C)/C=C/C=C(C)/C=C/C=C(\C)CCC=C(C)C. The van der Waals surface area contributed by atoms with Crippen LogP contribution in [0.4, 0.5) is 0 Å². The van der Waals surface area contributed by atoms with E-state index < -0.39 is 0 Å². The zero-order chi connectivity index (χ0) is 34.4. The van der Waals surface area contributed by atoms with E-state index in [0.29, 0.717) is 0 Å². The first kappa shape index (κ1) is 42.2. The summed E-state index contributed by atoms with van der Waals surface area (Å²) in [5.74, 6) is 0. The Kier molecular flexibility index (Phi) is 26.4. The number of allylic oxidation sites excluding steroid dienone is 28. The van der Waals surface area contributed by atoms with E-state index in [1.54, 1.807) is 11.9 Å². The normalized spacial score (nSPS) is 15.3. The molecule has 0 saturated carbocycles. The van der Waals surface area contributed by atoms with Crippen LogP contribution in [0.1, 0.15) is 94.9 Å². The second-order valence-corrected chi connectivity index (χ2v) is 12.8. The smallest absolute Gasteiger partial charge is 0.00756 e. The quantitative estimate of drug-likeness (QED) is 0.103. The van der Waals surface area contributed by atoms with Gasteiger partial charge in [-0.1, -0.05) is 160 Å². The van der Waals surface area contributed by atoms with Gasteiger partial charge in [0, 0.05) is 6.20 Å². The van der Waals surface area contributed by atoms with Gasteiger partial charge in [0.2, 0.25) is 0 Å². The van der Waals surface area contributed by atoms with Crippen LogP contribution in [0.5, 0.6) is 0 Å². The molecule has 248 valence electrons. The molecule has 0 aromatic carbocycles. The van der Waals surface area contributed by atoms with Crippen molar-refractivity contribution in [3.63, 3.8) is 0 Å². The van der Waals surface area contributed by atoms with Gasteiger partial charge in [0.25, 0.3) is 0 Å². The number of rotatable bonds is 16. The summed E-state index contributed by atoms with van der Waals surface area (Å²) in [4.78, 5) is 0. The van der Waals surface area contributed by atoms with Crippen molar-refractivity contribution in [3.8, 4) is 0 Å². The summed E-state index contributed by atoms with van der Waals surface area (Å²) in [7, 11) is 0. The maximum Gasteiger partial charge on any atom is 0.00756 e. The van der Waals surface area contributed by atoms with Crippen molar-refractivity contribution < 1.29 is 0 Å². The fraction of sp³-hybridized carbons (Fsp3) is 0.318. The number of hydrogen-bond acceptors (Lipinski definition) is 2. The molecule has 0 atom stereocenters. The lowest BCUT2D eigenvalue weighted by Crippen LogP contribution is -1.88. The van der Waals surface area contributed by atoms with Crippen LogP contribution in [0.2, 0.25) is 0 Å². The summed E-state index contributed by atoms with van der Waals surface area (Å²) in [6.45, 7) is 21.5. The first-order valence-corrected chi connectivity index (χ1v) is 17.3. The topological polar surface area (TPSA) is 12.0 Å². The maximum absolute atomic E-state index is 2.93. The summed E-state index contributed by atoms with van der Waals surface area (Å²) in [6, 6.07) is 0. The minimum atomic E-state index is 1.12. The molecule has 0 saturated heterocycles. The molecule has 2 heteroatoms. The molecular weight excluding hydrogens is 575 g/mol. The van der Waals surface area contributed by atoms with E-state index in [1.165, 1.54) is 44.6 Å². The van der Waals surface area contributed by atoms with Crippen LogP contribution in [-0.2, 0) is 0 Å². The molecule has 1 aliphatic rings. The number of nitrogens with one attached hydrogen (secondary N) is 1. The minimum absolute atomic E-state index is 1.12. The van der Waals surface area contributed by atoms with Crippen LogP contribution in [0.25, 0.3) is 0 Å². The van der Waals surface area contributed by atoms with Crippen molar-refractivity contribution in [2.75, 3.05) is 0 Å². The van der Waals surface area contributed by atoms with E-state index in [1.807, 2.05) is 23.8 Å². The second-order valence-electron chi connectivity index (χ2n) is 12.1. The third-order valence-corrected chi connectivity index (χ3v) is 6.98. The molecule has 0 fully saturated rings. The standard InChI is InChI=1S/C40H56.C4H5NS/c1-33(2)19-13-23-37(7)27-17-31-39(9)29-15-25-35(5)21-11-12-22-36(6)26-16-30-40(10)32-18-28-38(8)24-14-20-34(3)4;1-2-4-6-5-3-1/h11-12,15-22,25-32H,13-14,23-24H2,1-10H3;1-5H/b12-11+,25-15+,26-16+,31-17+,32-18+,35-21+,36-22+,37-27+,38-28+,39-29+,40-30+;. The average Bonchev–Trinajstić information content (AvgIpc) is 3.00. The molecule has 46 heavy (non-hydrogen) atoms. The third-order valence-electron chi connectivity index (χ3n) is 6.42. The monoisotopic (exact) mass is 635 g/mol. The highest BCUT2D eigenvalue weighted by molar-refractivity contribution is 8.00. The lowest BCUT2D eigenvalue weighted by molar-refractivity contribution is 0.967. The summed E-state index contributed by atoms with van der Waals surface area (Å²) in [5, 5.41) is 1.99. The van der Waals surface area contributed by atoms with E-state index >= 15 is 0 Å². The van der Waals surface area contributed by atoms with E-state index in [2.05, 4.69) is 183 Å². The Labute approximate surface area is 288 Å². The number of hydrogen-bond donors (Lipinski definition) is 1. The Morgan fingerprint density at radius 2 is 0.848 bits per heavy atom. The van der Waals surface area contributed by atoms with Gasteiger partial charge in [-0.25, -0.2) is 0 Å². The molecule has 1 N–H and O–H groups in total. The van der Waals surface area contributed by atoms with Gasteiger partial charge in [-0.3, -0.25) is 0 Å². The predicted octanol–water partition coefficient (Wildman–Crippen LogP) is 14.2.